The fraction of sp³-hybridized carbons (Fsp3) is 0.435. The van der Waals surface area contributed by atoms with Crippen LogP contribution in [-0.4, -0.2) is 59.3 Å². The van der Waals surface area contributed by atoms with E-state index in [0.29, 0.717) is 54.8 Å². The first-order valence-electron chi connectivity index (χ1n) is 11.4. The summed E-state index contributed by atoms with van der Waals surface area (Å²) in [5.41, 5.74) is 1.07. The lowest BCUT2D eigenvalue weighted by Gasteiger charge is -2.23. The second kappa shape index (κ2) is 9.96. The molecule has 2 fully saturated rings. The molecule has 5 rings (SSSR count). The maximum atomic E-state index is 13.2. The Labute approximate surface area is 207 Å². The molecule has 1 N–H and O–H groups in total. The third-order valence-corrected chi connectivity index (χ3v) is 9.22. The molecule has 2 atom stereocenters. The van der Waals surface area contributed by atoms with Crippen molar-refractivity contribution in [2.45, 2.75) is 42.4 Å². The number of ether oxygens (including phenoxy) is 2. The van der Waals surface area contributed by atoms with Crippen LogP contribution >= 0.6 is 11.3 Å². The second-order valence-corrected chi connectivity index (χ2v) is 11.7. The summed E-state index contributed by atoms with van der Waals surface area (Å²) in [7, 11) is -3.38. The van der Waals surface area contributed by atoms with E-state index in [1.54, 1.807) is 18.5 Å². The Morgan fingerprint density at radius 3 is 2.86 bits per heavy atom. The van der Waals surface area contributed by atoms with Crippen molar-refractivity contribution in [1.29, 1.82) is 0 Å². The average Bonchev–Trinajstić information content (AvgIpc) is 3.38. The number of carbonyl (C=O) groups excluding carboxylic acids is 1. The Balaban J connectivity index is 1.39. The number of nitrogens with zero attached hydrogens (tertiary/aromatic N) is 4. The minimum Gasteiger partial charge on any atom is -0.477 e. The molecular formula is C23H25N5O5S2. The molecule has 1 saturated heterocycles. The van der Waals surface area contributed by atoms with E-state index in [4.69, 9.17) is 9.47 Å². The number of hydrogen-bond donors (Lipinski definition) is 1. The average molecular weight is 516 g/mol. The van der Waals surface area contributed by atoms with Gasteiger partial charge in [-0.2, -0.15) is 0 Å². The van der Waals surface area contributed by atoms with Crippen molar-refractivity contribution >= 4 is 27.1 Å². The van der Waals surface area contributed by atoms with Crippen molar-refractivity contribution in [2.24, 2.45) is 5.92 Å². The van der Waals surface area contributed by atoms with Gasteiger partial charge in [-0.1, -0.05) is 0 Å². The van der Waals surface area contributed by atoms with Gasteiger partial charge in [-0.25, -0.2) is 18.4 Å². The van der Waals surface area contributed by atoms with Crippen molar-refractivity contribution in [1.82, 2.24) is 25.3 Å². The summed E-state index contributed by atoms with van der Waals surface area (Å²) in [6.45, 7) is 3.36. The number of hydrogen-bond acceptors (Lipinski definition) is 10. The zero-order chi connectivity index (χ0) is 24.4. The Morgan fingerprint density at radius 2 is 2.11 bits per heavy atom. The number of sulfone groups is 1. The van der Waals surface area contributed by atoms with Crippen molar-refractivity contribution in [2.75, 3.05) is 19.8 Å². The highest BCUT2D eigenvalue weighted by atomic mass is 32.2. The zero-order valence-corrected chi connectivity index (χ0v) is 20.7. The number of rotatable bonds is 9. The van der Waals surface area contributed by atoms with E-state index in [0.717, 1.165) is 6.42 Å². The molecular weight excluding hydrogens is 490 g/mol. The number of amides is 1. The van der Waals surface area contributed by atoms with Gasteiger partial charge in [-0.15, -0.1) is 11.3 Å². The van der Waals surface area contributed by atoms with Crippen LogP contribution in [0.25, 0.3) is 10.6 Å². The molecule has 2 aliphatic rings. The highest BCUT2D eigenvalue weighted by Crippen LogP contribution is 2.35. The van der Waals surface area contributed by atoms with Crippen LogP contribution in [0.15, 0.2) is 41.8 Å². The van der Waals surface area contributed by atoms with Crippen molar-refractivity contribution < 1.29 is 22.7 Å². The molecule has 0 spiro atoms. The van der Waals surface area contributed by atoms with Gasteiger partial charge in [0.2, 0.25) is 5.88 Å². The molecule has 1 amide bonds. The summed E-state index contributed by atoms with van der Waals surface area (Å²) in [6.07, 6.45) is 8.28. The maximum absolute atomic E-state index is 13.2. The van der Waals surface area contributed by atoms with E-state index in [-0.39, 0.29) is 27.0 Å². The minimum atomic E-state index is -3.38. The summed E-state index contributed by atoms with van der Waals surface area (Å²) in [4.78, 5) is 31.4. The van der Waals surface area contributed by atoms with Crippen molar-refractivity contribution in [3.05, 3.63) is 47.6 Å². The van der Waals surface area contributed by atoms with E-state index in [1.807, 2.05) is 6.92 Å². The normalized spacial score (nSPS) is 18.8. The zero-order valence-electron chi connectivity index (χ0n) is 19.1. The summed E-state index contributed by atoms with van der Waals surface area (Å²) in [5, 5.41) is 2.96. The molecule has 0 bridgehead atoms. The van der Waals surface area contributed by atoms with Crippen LogP contribution < -0.4 is 10.1 Å². The fourth-order valence-electron chi connectivity index (χ4n) is 3.98. The highest BCUT2D eigenvalue weighted by molar-refractivity contribution is 7.92. The number of aromatic nitrogens is 4. The van der Waals surface area contributed by atoms with E-state index in [2.05, 4.69) is 25.3 Å². The molecule has 3 aromatic rings. The van der Waals surface area contributed by atoms with Gasteiger partial charge in [-0.05, 0) is 38.3 Å². The monoisotopic (exact) mass is 515 g/mol. The van der Waals surface area contributed by atoms with Gasteiger partial charge in [0.05, 0.1) is 52.4 Å². The Kier molecular flexibility index (Phi) is 6.76. The maximum Gasteiger partial charge on any atom is 0.280 e. The van der Waals surface area contributed by atoms with Crippen LogP contribution in [0.5, 0.6) is 5.88 Å². The molecule has 1 saturated carbocycles. The van der Waals surface area contributed by atoms with Crippen LogP contribution in [-0.2, 0) is 14.6 Å². The van der Waals surface area contributed by atoms with Crippen LogP contribution in [0.2, 0.25) is 0 Å². The summed E-state index contributed by atoms with van der Waals surface area (Å²) < 4.78 is 36.5. The third-order valence-electron chi connectivity index (χ3n) is 5.94. The quantitative estimate of drug-likeness (QED) is 0.456. The van der Waals surface area contributed by atoms with E-state index >= 15 is 0 Å². The first-order chi connectivity index (χ1) is 17.0. The van der Waals surface area contributed by atoms with Gasteiger partial charge in [0, 0.05) is 24.9 Å². The molecule has 184 valence electrons. The molecule has 0 unspecified atom stereocenters. The number of carbonyl (C=O) groups is 1. The lowest BCUT2D eigenvalue weighted by Crippen LogP contribution is -2.34. The van der Waals surface area contributed by atoms with Gasteiger partial charge >= 0.3 is 0 Å². The smallest absolute Gasteiger partial charge is 0.280 e. The molecule has 0 radical (unpaired) electrons. The van der Waals surface area contributed by atoms with E-state index in [1.165, 1.54) is 29.8 Å². The molecule has 35 heavy (non-hydrogen) atoms. The molecule has 0 aromatic carbocycles. The summed E-state index contributed by atoms with van der Waals surface area (Å²) >= 11 is 1.19. The predicted octanol–water partition coefficient (Wildman–Crippen LogP) is 2.84. The van der Waals surface area contributed by atoms with E-state index in [9.17, 15) is 13.2 Å². The fourth-order valence-corrected chi connectivity index (χ4v) is 6.43. The lowest BCUT2D eigenvalue weighted by molar-refractivity contribution is 0.0914. The Morgan fingerprint density at radius 1 is 1.26 bits per heavy atom. The van der Waals surface area contributed by atoms with Gasteiger partial charge in [0.15, 0.2) is 14.8 Å². The largest absolute Gasteiger partial charge is 0.477 e. The number of nitrogens with one attached hydrogen (secondary N) is 1. The molecule has 1 aliphatic heterocycles. The van der Waals surface area contributed by atoms with Crippen molar-refractivity contribution in [3.63, 3.8) is 0 Å². The third kappa shape index (κ3) is 5.19. The van der Waals surface area contributed by atoms with Gasteiger partial charge in [0.1, 0.15) is 5.69 Å². The van der Waals surface area contributed by atoms with Crippen LogP contribution in [0.4, 0.5) is 0 Å². The molecule has 4 heterocycles. The Bertz CT molecular complexity index is 1320. The first kappa shape index (κ1) is 23.8. The minimum absolute atomic E-state index is 0.0292. The number of pyridine rings is 1. The lowest BCUT2D eigenvalue weighted by atomic mass is 9.95. The molecule has 12 heteroatoms. The topological polar surface area (TPSA) is 133 Å². The predicted molar refractivity (Wildman–Crippen MR) is 128 cm³/mol. The second-order valence-electron chi connectivity index (χ2n) is 8.44. The Hall–Kier alpha value is -2.96. The van der Waals surface area contributed by atoms with Gasteiger partial charge < -0.3 is 14.8 Å². The van der Waals surface area contributed by atoms with E-state index < -0.39 is 15.9 Å². The van der Waals surface area contributed by atoms with Crippen LogP contribution in [0, 0.1) is 5.92 Å². The van der Waals surface area contributed by atoms with Gasteiger partial charge in [-0.3, -0.25) is 14.8 Å². The van der Waals surface area contributed by atoms with Crippen LogP contribution in [0.3, 0.4) is 0 Å². The highest BCUT2D eigenvalue weighted by Gasteiger charge is 2.38. The molecule has 10 nitrogen and oxygen atoms in total. The van der Waals surface area contributed by atoms with Gasteiger partial charge in [0.25, 0.3) is 5.91 Å². The standard InChI is InChI=1S/C23H25N5O5S2/c1-2-33-20-12-24-10-18(27-20)19-11-26-23(34-19)22(29)28-21(14-6-8-32-13-14)17-9-16(5-7-25-17)35(30,31)15-3-4-15/h5,7,9-12,14-15,21H,2-4,6,8,13H2,1H3,(H,28,29)/t14-,21-/m0/s1. The summed E-state index contributed by atoms with van der Waals surface area (Å²) in [5.74, 6) is 0.000586. The first-order valence-corrected chi connectivity index (χ1v) is 13.8. The van der Waals surface area contributed by atoms with Crippen molar-refractivity contribution in [3.8, 4) is 16.5 Å². The number of thiazole rings is 1. The molecule has 3 aromatic heterocycles. The van der Waals surface area contributed by atoms with Crippen LogP contribution in [0.1, 0.15) is 47.7 Å². The SMILES string of the molecule is CCOc1cncc(-c2cnc(C(=O)N[C@H](c3cc(S(=O)(=O)C4CC4)ccn3)[C@H]3CCOC3)s2)n1. The molecule has 1 aliphatic carbocycles. The summed E-state index contributed by atoms with van der Waals surface area (Å²) in [6, 6.07) is 2.60.